The Hall–Kier alpha value is -15.0. The van der Waals surface area contributed by atoms with Crippen LogP contribution in [0.2, 0.25) is 0 Å². The van der Waals surface area contributed by atoms with Crippen LogP contribution in [0.1, 0.15) is 0 Å². The molecule has 0 fully saturated rings. The van der Waals surface area contributed by atoms with Gasteiger partial charge in [-0.15, -0.1) is 0 Å². The van der Waals surface area contributed by atoms with Gasteiger partial charge < -0.3 is 18.9 Å². The molecule has 115 heavy (non-hydrogen) atoms. The van der Waals surface area contributed by atoms with Gasteiger partial charge in [0, 0.05) is 72.2 Å². The number of hydrogen-bond donors (Lipinski definition) is 0. The lowest BCUT2D eigenvalue weighted by molar-refractivity contribution is 1.15. The van der Waals surface area contributed by atoms with Gasteiger partial charge in [-0.2, -0.15) is 0 Å². The summed E-state index contributed by atoms with van der Waals surface area (Å²) in [6.45, 7) is -0.347. The largest absolute Gasteiger partial charge is 0.310 e. The fourth-order valence-corrected chi connectivity index (χ4v) is 19.8. The third-order valence-corrected chi connectivity index (χ3v) is 24.7. The van der Waals surface area contributed by atoms with Crippen molar-refractivity contribution in [3.8, 4) is 89.3 Å². The molecule has 20 aromatic carbocycles. The minimum Gasteiger partial charge on any atom is -0.310 e. The zero-order chi connectivity index (χ0) is 75.3. The Morgan fingerprint density at radius 2 is 0.530 bits per heavy atom. The van der Waals surface area contributed by atoms with E-state index >= 15 is 0 Å². The lowest BCUT2D eigenvalue weighted by Crippen LogP contribution is -2.61. The molecular weight excluding hydrogens is 1390 g/mol. The van der Waals surface area contributed by atoms with Gasteiger partial charge in [0.2, 0.25) is 0 Å². The Morgan fingerprint density at radius 3 is 0.974 bits per heavy atom. The molecule has 0 atom stereocenters. The SMILES string of the molecule is c1ccc(-c2cc(-c3ccccc3)c(N3c4ccc(-c5cc6cccc7c8cccc9cccc(c(c5)c67)c98)cc4B4c5ccc(-n6c7ccccc7c7ccccc76)cc5N(c5c(-c6ccccc6)cc(-c6ccccc6)cc5-c5ccccc5)c5cc(-n6c7ccccc7c7ccccc76)cc3c54)c(-c3ccccc3)c2)cc1. The quantitative estimate of drug-likeness (QED) is 0.0729. The second-order valence-corrected chi connectivity index (χ2v) is 30.9. The molecule has 0 saturated carbocycles. The first-order chi connectivity index (χ1) is 57.1. The molecule has 0 saturated heterocycles. The Balaban J connectivity index is 0.896. The molecule has 2 aromatic heterocycles. The van der Waals surface area contributed by atoms with E-state index in [0.717, 1.165) is 145 Å². The van der Waals surface area contributed by atoms with Crippen LogP contribution in [-0.4, -0.2) is 15.8 Å². The van der Waals surface area contributed by atoms with Crippen molar-refractivity contribution >= 4 is 144 Å². The number of rotatable bonds is 11. The van der Waals surface area contributed by atoms with E-state index in [-0.39, 0.29) is 6.71 Å². The molecule has 22 aromatic rings. The molecule has 24 rings (SSSR count). The highest BCUT2D eigenvalue weighted by Gasteiger charge is 2.46. The summed E-state index contributed by atoms with van der Waals surface area (Å²) in [6.07, 6.45) is 0. The summed E-state index contributed by atoms with van der Waals surface area (Å²) in [4.78, 5) is 5.44. The molecule has 4 nitrogen and oxygen atoms in total. The third kappa shape index (κ3) is 10.0. The van der Waals surface area contributed by atoms with Gasteiger partial charge in [-0.3, -0.25) is 0 Å². The van der Waals surface area contributed by atoms with Crippen LogP contribution in [0.15, 0.2) is 419 Å². The average Bonchev–Trinajstić information content (AvgIpc) is 0.962. The summed E-state index contributed by atoms with van der Waals surface area (Å²) in [5, 5.41) is 15.0. The van der Waals surface area contributed by atoms with Gasteiger partial charge >= 0.3 is 0 Å². The van der Waals surface area contributed by atoms with Gasteiger partial charge in [-0.1, -0.05) is 328 Å². The van der Waals surface area contributed by atoms with Crippen LogP contribution < -0.4 is 26.2 Å². The molecule has 0 amide bonds. The van der Waals surface area contributed by atoms with Crippen molar-refractivity contribution in [2.45, 2.75) is 0 Å². The molecule has 0 spiro atoms. The molecule has 0 aliphatic carbocycles. The van der Waals surface area contributed by atoms with Crippen molar-refractivity contribution in [1.29, 1.82) is 0 Å². The molecular formula is C110H69BN4. The summed E-state index contributed by atoms with van der Waals surface area (Å²) in [5.74, 6) is 0. The first-order valence-electron chi connectivity index (χ1n) is 39.9. The summed E-state index contributed by atoms with van der Waals surface area (Å²) >= 11 is 0. The van der Waals surface area contributed by atoms with Gasteiger partial charge in [0.15, 0.2) is 0 Å². The molecule has 2 aliphatic rings. The smallest absolute Gasteiger partial charge is 0.252 e. The van der Waals surface area contributed by atoms with Crippen molar-refractivity contribution in [3.63, 3.8) is 0 Å². The molecule has 0 N–H and O–H groups in total. The standard InChI is InChI=1S/C110H69BN4/c1-7-30-70(31-8-1)80-61-91(72-34-11-3-12-35-72)109(92(62-80)73-36-13-4-14-37-73)114-102-59-56-77(79-60-78-44-29-50-89-88-49-27-42-76-43-28-51-90(106(76)88)95(65-79)107(78)89)66-97(102)111-96-58-57-82(112-98-52-23-19-45-84(98)85-46-20-24-53-99(85)112)67-103(96)115(105-69-83(68-104(114)108(105)111)113-100-54-25-21-47-86(100)87-48-22-26-55-101(87)113)110-93(74-38-15-5-16-39-74)63-81(71-32-9-2-10-33-71)64-94(110)75-40-17-6-18-41-75/h1-69H. The van der Waals surface area contributed by atoms with E-state index in [4.69, 9.17) is 0 Å². The van der Waals surface area contributed by atoms with Gasteiger partial charge in [0.05, 0.1) is 39.1 Å². The van der Waals surface area contributed by atoms with Crippen LogP contribution >= 0.6 is 0 Å². The minimum atomic E-state index is -0.347. The molecule has 5 heteroatoms. The van der Waals surface area contributed by atoms with Crippen molar-refractivity contribution < 1.29 is 0 Å². The highest BCUT2D eigenvalue weighted by atomic mass is 15.2. The maximum Gasteiger partial charge on any atom is 0.252 e. The van der Waals surface area contributed by atoms with Crippen LogP contribution in [0.5, 0.6) is 0 Å². The number of para-hydroxylation sites is 4. The van der Waals surface area contributed by atoms with Crippen LogP contribution in [-0.2, 0) is 0 Å². The second kappa shape index (κ2) is 25.8. The fraction of sp³-hybridized carbons (Fsp3) is 0. The van der Waals surface area contributed by atoms with Crippen molar-refractivity contribution in [3.05, 3.63) is 419 Å². The van der Waals surface area contributed by atoms with E-state index in [9.17, 15) is 0 Å². The average molecular weight is 1460 g/mol. The van der Waals surface area contributed by atoms with Crippen LogP contribution in [0.25, 0.3) is 176 Å². The van der Waals surface area contributed by atoms with E-state index in [0.29, 0.717) is 0 Å². The lowest BCUT2D eigenvalue weighted by atomic mass is 9.33. The first kappa shape index (κ1) is 64.8. The number of fused-ring (bicyclic) bond motifs is 12. The van der Waals surface area contributed by atoms with Crippen molar-refractivity contribution in [2.75, 3.05) is 9.80 Å². The van der Waals surface area contributed by atoms with E-state index < -0.39 is 0 Å². The Kier molecular flexibility index (Phi) is 14.5. The zero-order valence-electron chi connectivity index (χ0n) is 62.7. The molecule has 0 radical (unpaired) electrons. The van der Waals surface area contributed by atoms with Gasteiger partial charge in [0.25, 0.3) is 6.71 Å². The Labute approximate surface area is 666 Å². The third-order valence-electron chi connectivity index (χ3n) is 24.7. The maximum atomic E-state index is 2.73. The predicted octanol–water partition coefficient (Wildman–Crippen LogP) is 27.7. The minimum absolute atomic E-state index is 0.347. The highest BCUT2D eigenvalue weighted by Crippen LogP contribution is 2.56. The number of benzene rings is 20. The molecule has 2 aliphatic heterocycles. The van der Waals surface area contributed by atoms with Crippen molar-refractivity contribution in [1.82, 2.24) is 9.13 Å². The number of aromatic nitrogens is 2. The number of nitrogens with zero attached hydrogens (tertiary/aromatic N) is 4. The molecule has 4 heterocycles. The normalized spacial score (nSPS) is 12.5. The lowest BCUT2D eigenvalue weighted by Gasteiger charge is -2.46. The predicted molar refractivity (Wildman–Crippen MR) is 488 cm³/mol. The molecule has 532 valence electrons. The topological polar surface area (TPSA) is 16.3 Å². The van der Waals surface area contributed by atoms with Gasteiger partial charge in [0.1, 0.15) is 0 Å². The summed E-state index contributed by atoms with van der Waals surface area (Å²) in [5.41, 5.74) is 32.5. The first-order valence-corrected chi connectivity index (χ1v) is 39.9. The van der Waals surface area contributed by atoms with Crippen molar-refractivity contribution in [2.24, 2.45) is 0 Å². The highest BCUT2D eigenvalue weighted by molar-refractivity contribution is 7.00. The van der Waals surface area contributed by atoms with Crippen LogP contribution in [0, 0.1) is 0 Å². The molecule has 0 bridgehead atoms. The number of anilines is 6. The molecule has 0 unspecified atom stereocenters. The maximum absolute atomic E-state index is 2.73. The Bertz CT molecular complexity index is 7470. The zero-order valence-corrected chi connectivity index (χ0v) is 62.7. The van der Waals surface area contributed by atoms with Crippen LogP contribution in [0.3, 0.4) is 0 Å². The van der Waals surface area contributed by atoms with E-state index in [1.54, 1.807) is 0 Å². The van der Waals surface area contributed by atoms with Crippen LogP contribution in [0.4, 0.5) is 34.1 Å². The fourth-order valence-electron chi connectivity index (χ4n) is 19.8. The summed E-state index contributed by atoms with van der Waals surface area (Å²) < 4.78 is 5.06. The Morgan fingerprint density at radius 1 is 0.183 bits per heavy atom. The van der Waals surface area contributed by atoms with E-state index in [1.807, 2.05) is 0 Å². The van der Waals surface area contributed by atoms with Gasteiger partial charge in [-0.05, 0) is 206 Å². The van der Waals surface area contributed by atoms with E-state index in [1.165, 1.54) is 81.0 Å². The monoisotopic (exact) mass is 1460 g/mol. The van der Waals surface area contributed by atoms with Gasteiger partial charge in [-0.25, -0.2) is 0 Å². The second-order valence-electron chi connectivity index (χ2n) is 30.9. The van der Waals surface area contributed by atoms with E-state index in [2.05, 4.69) is 438 Å². The number of hydrogen-bond acceptors (Lipinski definition) is 2. The summed E-state index contributed by atoms with van der Waals surface area (Å²) in [7, 11) is 0. The summed E-state index contributed by atoms with van der Waals surface area (Å²) in [6, 6.07) is 158.